The summed E-state index contributed by atoms with van der Waals surface area (Å²) < 4.78 is 16.6. The van der Waals surface area contributed by atoms with Crippen LogP contribution in [0.4, 0.5) is 23.1 Å². The fraction of sp³-hybridized carbons (Fsp3) is 0.292. The maximum atomic E-state index is 12.8. The lowest BCUT2D eigenvalue weighted by Gasteiger charge is -2.28. The third-order valence-electron chi connectivity index (χ3n) is 5.39. The van der Waals surface area contributed by atoms with E-state index in [1.54, 1.807) is 18.2 Å². The highest BCUT2D eigenvalue weighted by atomic mass is 16.6. The monoisotopic (exact) mass is 447 g/mol. The van der Waals surface area contributed by atoms with Crippen molar-refractivity contribution in [3.8, 4) is 11.5 Å². The van der Waals surface area contributed by atoms with Crippen LogP contribution in [0.25, 0.3) is 0 Å². The predicted octanol–water partition coefficient (Wildman–Crippen LogP) is 3.39. The number of hydrogen-bond acceptors (Lipinski definition) is 8. The van der Waals surface area contributed by atoms with Gasteiger partial charge in [0, 0.05) is 36.2 Å². The van der Waals surface area contributed by atoms with E-state index in [4.69, 9.17) is 14.2 Å². The van der Waals surface area contributed by atoms with Crippen molar-refractivity contribution in [2.75, 3.05) is 55.1 Å². The normalized spacial score (nSPS) is 15.1. The maximum Gasteiger partial charge on any atom is 0.259 e. The molecule has 1 aromatic heterocycles. The van der Waals surface area contributed by atoms with Crippen LogP contribution in [0.2, 0.25) is 0 Å². The fourth-order valence-electron chi connectivity index (χ4n) is 3.78. The van der Waals surface area contributed by atoms with Crippen LogP contribution in [0.5, 0.6) is 11.5 Å². The number of aromatic nitrogens is 2. The zero-order valence-corrected chi connectivity index (χ0v) is 18.3. The van der Waals surface area contributed by atoms with Crippen molar-refractivity contribution < 1.29 is 19.0 Å². The lowest BCUT2D eigenvalue weighted by molar-refractivity contribution is 0.101. The molecule has 9 heteroatoms. The first-order valence-electron chi connectivity index (χ1n) is 10.9. The Morgan fingerprint density at radius 1 is 0.939 bits per heavy atom. The molecule has 0 spiro atoms. The molecular weight excluding hydrogens is 422 g/mol. The average Bonchev–Trinajstić information content (AvgIpc) is 2.85. The molecule has 170 valence electrons. The van der Waals surface area contributed by atoms with Gasteiger partial charge >= 0.3 is 0 Å². The predicted molar refractivity (Wildman–Crippen MR) is 125 cm³/mol. The van der Waals surface area contributed by atoms with Gasteiger partial charge in [0.1, 0.15) is 19.0 Å². The molecule has 1 saturated heterocycles. The van der Waals surface area contributed by atoms with Crippen LogP contribution in [0.1, 0.15) is 16.1 Å². The molecule has 9 nitrogen and oxygen atoms in total. The van der Waals surface area contributed by atoms with Gasteiger partial charge in [0.15, 0.2) is 11.5 Å². The average molecular weight is 447 g/mol. The second-order valence-corrected chi connectivity index (χ2v) is 7.78. The number of hydrogen-bond donors (Lipinski definition) is 2. The lowest BCUT2D eigenvalue weighted by atomic mass is 10.1. The van der Waals surface area contributed by atoms with Crippen LogP contribution in [0.15, 0.2) is 48.5 Å². The summed E-state index contributed by atoms with van der Waals surface area (Å²) in [7, 11) is 0. The van der Waals surface area contributed by atoms with Gasteiger partial charge in [-0.1, -0.05) is 6.07 Å². The number of carbonyl (C=O) groups excluding carboxylic acids is 1. The highest BCUT2D eigenvalue weighted by Crippen LogP contribution is 2.34. The SMILES string of the molecule is Cc1cc(N2CCOCC2)nc(Nc2ccc(NC(=O)c3cccc4c3OCCO4)cc2)n1. The number of anilines is 4. The second kappa shape index (κ2) is 9.33. The Balaban J connectivity index is 1.27. The standard InChI is InChI=1S/C24H25N5O4/c1-16-15-21(29-9-11-31-12-10-29)28-24(25-16)27-18-7-5-17(6-8-18)26-23(30)19-3-2-4-20-22(19)33-14-13-32-20/h2-8,15H,9-14H2,1H3,(H,26,30)(H,25,27,28). The number of benzene rings is 2. The molecule has 2 N–H and O–H groups in total. The molecule has 0 aliphatic carbocycles. The third kappa shape index (κ3) is 4.83. The fourth-order valence-corrected chi connectivity index (χ4v) is 3.78. The third-order valence-corrected chi connectivity index (χ3v) is 5.39. The van der Waals surface area contributed by atoms with Gasteiger partial charge in [-0.2, -0.15) is 4.98 Å². The van der Waals surface area contributed by atoms with E-state index in [1.165, 1.54) is 0 Å². The van der Waals surface area contributed by atoms with Crippen LogP contribution >= 0.6 is 0 Å². The topological polar surface area (TPSA) is 97.8 Å². The molecule has 0 atom stereocenters. The van der Waals surface area contributed by atoms with E-state index in [2.05, 4.69) is 25.5 Å². The summed E-state index contributed by atoms with van der Waals surface area (Å²) in [6.07, 6.45) is 0. The largest absolute Gasteiger partial charge is 0.486 e. The van der Waals surface area contributed by atoms with Gasteiger partial charge in [0.2, 0.25) is 5.95 Å². The van der Waals surface area contributed by atoms with E-state index in [0.717, 1.165) is 30.3 Å². The number of morpholine rings is 1. The van der Waals surface area contributed by atoms with Crippen LogP contribution in [0.3, 0.4) is 0 Å². The molecule has 0 saturated carbocycles. The van der Waals surface area contributed by atoms with Crippen molar-refractivity contribution in [3.63, 3.8) is 0 Å². The first-order chi connectivity index (χ1) is 16.2. The Hall–Kier alpha value is -3.85. The molecular formula is C24H25N5O4. The van der Waals surface area contributed by atoms with Crippen molar-refractivity contribution >= 4 is 29.0 Å². The molecule has 0 unspecified atom stereocenters. The van der Waals surface area contributed by atoms with Crippen molar-refractivity contribution in [2.45, 2.75) is 6.92 Å². The molecule has 33 heavy (non-hydrogen) atoms. The molecule has 2 aromatic carbocycles. The molecule has 0 bridgehead atoms. The molecule has 1 amide bonds. The number of ether oxygens (including phenoxy) is 3. The van der Waals surface area contributed by atoms with E-state index < -0.39 is 0 Å². The van der Waals surface area contributed by atoms with Crippen molar-refractivity contribution in [1.82, 2.24) is 9.97 Å². The summed E-state index contributed by atoms with van der Waals surface area (Å²) in [5.41, 5.74) is 2.81. The van der Waals surface area contributed by atoms with Gasteiger partial charge in [0.25, 0.3) is 5.91 Å². The van der Waals surface area contributed by atoms with Crippen LogP contribution in [-0.4, -0.2) is 55.4 Å². The Bertz CT molecular complexity index is 1150. The molecule has 3 aromatic rings. The van der Waals surface area contributed by atoms with E-state index in [0.29, 0.717) is 55.1 Å². The van der Waals surface area contributed by atoms with E-state index in [1.807, 2.05) is 37.3 Å². The van der Waals surface area contributed by atoms with Crippen LogP contribution in [-0.2, 0) is 4.74 Å². The van der Waals surface area contributed by atoms with Crippen molar-refractivity contribution in [2.24, 2.45) is 0 Å². The number of rotatable bonds is 5. The van der Waals surface area contributed by atoms with Crippen molar-refractivity contribution in [3.05, 3.63) is 59.8 Å². The first kappa shape index (κ1) is 21.0. The Morgan fingerprint density at radius 2 is 1.70 bits per heavy atom. The summed E-state index contributed by atoms with van der Waals surface area (Å²) in [4.78, 5) is 24.1. The van der Waals surface area contributed by atoms with Gasteiger partial charge in [-0.3, -0.25) is 4.79 Å². The Kier molecular flexibility index (Phi) is 5.95. The molecule has 1 fully saturated rings. The zero-order chi connectivity index (χ0) is 22.6. The highest BCUT2D eigenvalue weighted by Gasteiger charge is 2.20. The van der Waals surface area contributed by atoms with E-state index in [9.17, 15) is 4.79 Å². The van der Waals surface area contributed by atoms with E-state index in [-0.39, 0.29) is 5.91 Å². The lowest BCUT2D eigenvalue weighted by Crippen LogP contribution is -2.36. The molecule has 3 heterocycles. The molecule has 2 aliphatic heterocycles. The number of nitrogens with one attached hydrogen (secondary N) is 2. The number of nitrogens with zero attached hydrogens (tertiary/aromatic N) is 3. The summed E-state index contributed by atoms with van der Waals surface area (Å²) in [6.45, 7) is 5.87. The quantitative estimate of drug-likeness (QED) is 0.614. The number of fused-ring (bicyclic) bond motifs is 1. The van der Waals surface area contributed by atoms with Crippen molar-refractivity contribution in [1.29, 1.82) is 0 Å². The second-order valence-electron chi connectivity index (χ2n) is 7.78. The highest BCUT2D eigenvalue weighted by molar-refractivity contribution is 6.06. The maximum absolute atomic E-state index is 12.8. The van der Waals surface area contributed by atoms with E-state index >= 15 is 0 Å². The summed E-state index contributed by atoms with van der Waals surface area (Å²) in [6, 6.07) is 14.7. The Labute approximate surface area is 191 Å². The molecule has 5 rings (SSSR count). The molecule has 2 aliphatic rings. The van der Waals surface area contributed by atoms with Gasteiger partial charge in [0.05, 0.1) is 18.8 Å². The minimum Gasteiger partial charge on any atom is -0.486 e. The van der Waals surface area contributed by atoms with Gasteiger partial charge in [-0.05, 0) is 43.3 Å². The van der Waals surface area contributed by atoms with Gasteiger partial charge < -0.3 is 29.7 Å². The summed E-state index contributed by atoms with van der Waals surface area (Å²) >= 11 is 0. The number of amides is 1. The van der Waals surface area contributed by atoms with Crippen LogP contribution < -0.4 is 25.0 Å². The minimum absolute atomic E-state index is 0.254. The number of aryl methyl sites for hydroxylation is 1. The van der Waals surface area contributed by atoms with Gasteiger partial charge in [-0.25, -0.2) is 4.98 Å². The van der Waals surface area contributed by atoms with Gasteiger partial charge in [-0.15, -0.1) is 0 Å². The smallest absolute Gasteiger partial charge is 0.259 e. The molecule has 0 radical (unpaired) electrons. The number of para-hydroxylation sites is 1. The first-order valence-corrected chi connectivity index (χ1v) is 10.9. The summed E-state index contributed by atoms with van der Waals surface area (Å²) in [5.74, 6) is 2.22. The van der Waals surface area contributed by atoms with Crippen LogP contribution in [0, 0.1) is 6.92 Å². The summed E-state index contributed by atoms with van der Waals surface area (Å²) in [5, 5.41) is 6.16. The zero-order valence-electron chi connectivity index (χ0n) is 18.3. The minimum atomic E-state index is -0.254. The number of carbonyl (C=O) groups is 1. The Morgan fingerprint density at radius 3 is 2.52 bits per heavy atom.